The molecule has 0 aliphatic carbocycles. The fraction of sp³-hybridized carbons (Fsp3) is 0.235. The van der Waals surface area contributed by atoms with Crippen LogP contribution in [0.4, 0.5) is 4.39 Å². The average Bonchev–Trinajstić information content (AvgIpc) is 2.97. The summed E-state index contributed by atoms with van der Waals surface area (Å²) in [6, 6.07) is 5.02. The molecule has 10 heteroatoms. The van der Waals surface area contributed by atoms with E-state index in [2.05, 4.69) is 20.3 Å². The topological polar surface area (TPSA) is 110 Å². The van der Waals surface area contributed by atoms with Crippen molar-refractivity contribution < 1.29 is 19.1 Å². The quantitative estimate of drug-likeness (QED) is 0.592. The number of carboxylic acid groups (broad SMARTS) is 1. The molecule has 0 aliphatic rings. The molecule has 2 N–H and O–H groups in total. The molecule has 140 valence electrons. The van der Waals surface area contributed by atoms with Crippen LogP contribution in [0, 0.1) is 5.82 Å². The van der Waals surface area contributed by atoms with Crippen LogP contribution >= 0.6 is 11.8 Å². The lowest BCUT2D eigenvalue weighted by Gasteiger charge is -2.13. The van der Waals surface area contributed by atoms with E-state index in [9.17, 15) is 19.1 Å². The molecule has 0 unspecified atom stereocenters. The third-order valence-corrected chi connectivity index (χ3v) is 4.75. The molecule has 27 heavy (non-hydrogen) atoms. The Balaban J connectivity index is 1.88. The summed E-state index contributed by atoms with van der Waals surface area (Å²) < 4.78 is 15.0. The van der Waals surface area contributed by atoms with Gasteiger partial charge in [0.2, 0.25) is 5.91 Å². The first-order chi connectivity index (χ1) is 12.9. The largest absolute Gasteiger partial charge is 0.480 e. The average molecular weight is 389 g/mol. The van der Waals surface area contributed by atoms with Crippen LogP contribution in [0.25, 0.3) is 11.2 Å². The standard InChI is InChI=1S/C17H16FN5O3S/c1-10(24)21-14(16(25)26)8-27-17-22-13-6-19-9-20-15(13)23(17)7-11-2-4-12(18)5-3-11/h2-6,9,14H,7-8H2,1H3,(H,21,24)(H,25,26)/t14-/m0/s1. The van der Waals surface area contributed by atoms with Crippen LogP contribution in [0.3, 0.4) is 0 Å². The Labute approximate surface area is 157 Å². The van der Waals surface area contributed by atoms with Gasteiger partial charge in [-0.2, -0.15) is 0 Å². The first kappa shape index (κ1) is 18.8. The maximum absolute atomic E-state index is 13.2. The third-order valence-electron chi connectivity index (χ3n) is 3.68. The Hall–Kier alpha value is -3.01. The van der Waals surface area contributed by atoms with E-state index in [-0.39, 0.29) is 11.6 Å². The van der Waals surface area contributed by atoms with Gasteiger partial charge in [-0.25, -0.2) is 24.1 Å². The van der Waals surface area contributed by atoms with Gasteiger partial charge in [-0.3, -0.25) is 9.36 Å². The maximum atomic E-state index is 13.2. The number of aliphatic carboxylic acids is 1. The van der Waals surface area contributed by atoms with Gasteiger partial charge in [-0.15, -0.1) is 0 Å². The van der Waals surface area contributed by atoms with Crippen LogP contribution in [-0.4, -0.2) is 48.3 Å². The van der Waals surface area contributed by atoms with Crippen molar-refractivity contribution in [2.24, 2.45) is 0 Å². The SMILES string of the molecule is CC(=O)N[C@@H](CSc1nc2cncnc2n1Cc1ccc(F)cc1)C(=O)O. The minimum atomic E-state index is -1.13. The molecule has 1 atom stereocenters. The number of aromatic nitrogens is 4. The van der Waals surface area contributed by atoms with Crippen molar-refractivity contribution in [2.45, 2.75) is 24.7 Å². The molecule has 0 fully saturated rings. The number of carbonyl (C=O) groups is 2. The fourth-order valence-corrected chi connectivity index (χ4v) is 3.47. The van der Waals surface area contributed by atoms with Gasteiger partial charge < -0.3 is 10.4 Å². The van der Waals surface area contributed by atoms with Gasteiger partial charge in [0.25, 0.3) is 0 Å². The number of carbonyl (C=O) groups excluding carboxylic acids is 1. The maximum Gasteiger partial charge on any atom is 0.327 e. The van der Waals surface area contributed by atoms with Gasteiger partial charge >= 0.3 is 5.97 Å². The number of nitrogens with zero attached hydrogens (tertiary/aromatic N) is 4. The molecule has 1 aromatic carbocycles. The third kappa shape index (κ3) is 4.59. The zero-order valence-electron chi connectivity index (χ0n) is 14.3. The molecule has 0 aliphatic heterocycles. The first-order valence-electron chi connectivity index (χ1n) is 7.97. The van der Waals surface area contributed by atoms with Crippen LogP contribution in [-0.2, 0) is 16.1 Å². The Morgan fingerprint density at radius 2 is 2.07 bits per heavy atom. The normalized spacial score (nSPS) is 12.1. The van der Waals surface area contributed by atoms with Crippen molar-refractivity contribution in [2.75, 3.05) is 5.75 Å². The number of carboxylic acids is 1. The predicted molar refractivity (Wildman–Crippen MR) is 96.8 cm³/mol. The zero-order chi connectivity index (χ0) is 19.4. The minimum Gasteiger partial charge on any atom is -0.480 e. The first-order valence-corrected chi connectivity index (χ1v) is 8.96. The van der Waals surface area contributed by atoms with E-state index in [1.807, 2.05) is 4.57 Å². The summed E-state index contributed by atoms with van der Waals surface area (Å²) in [7, 11) is 0. The van der Waals surface area contributed by atoms with Crippen LogP contribution in [0.2, 0.25) is 0 Å². The lowest BCUT2D eigenvalue weighted by molar-refractivity contribution is -0.140. The van der Waals surface area contributed by atoms with E-state index >= 15 is 0 Å². The number of hydrogen-bond donors (Lipinski definition) is 2. The minimum absolute atomic E-state index is 0.0923. The molecule has 0 bridgehead atoms. The fourth-order valence-electron chi connectivity index (χ4n) is 2.46. The molecule has 3 rings (SSSR count). The number of amides is 1. The molecule has 1 amide bonds. The zero-order valence-corrected chi connectivity index (χ0v) is 15.1. The molecular weight excluding hydrogens is 373 g/mol. The lowest BCUT2D eigenvalue weighted by atomic mass is 10.2. The second kappa shape index (κ2) is 8.12. The molecular formula is C17H16FN5O3S. The van der Waals surface area contributed by atoms with E-state index in [1.165, 1.54) is 37.1 Å². The van der Waals surface area contributed by atoms with E-state index in [1.54, 1.807) is 18.3 Å². The van der Waals surface area contributed by atoms with Crippen molar-refractivity contribution in [1.29, 1.82) is 0 Å². The summed E-state index contributed by atoms with van der Waals surface area (Å²) >= 11 is 1.19. The van der Waals surface area contributed by atoms with E-state index in [0.717, 1.165) is 5.56 Å². The summed E-state index contributed by atoms with van der Waals surface area (Å²) in [5.41, 5.74) is 1.99. The Bertz CT molecular complexity index is 976. The predicted octanol–water partition coefficient (Wildman–Crippen LogP) is 1.70. The Kier molecular flexibility index (Phi) is 5.65. The van der Waals surface area contributed by atoms with E-state index < -0.39 is 17.9 Å². The Morgan fingerprint density at radius 1 is 1.33 bits per heavy atom. The van der Waals surface area contributed by atoms with Crippen molar-refractivity contribution in [3.05, 3.63) is 48.2 Å². The lowest BCUT2D eigenvalue weighted by Crippen LogP contribution is -2.41. The number of rotatable bonds is 7. The van der Waals surface area contributed by atoms with Crippen molar-refractivity contribution in [1.82, 2.24) is 24.8 Å². The highest BCUT2D eigenvalue weighted by Crippen LogP contribution is 2.24. The van der Waals surface area contributed by atoms with E-state index in [0.29, 0.717) is 22.9 Å². The van der Waals surface area contributed by atoms with E-state index in [4.69, 9.17) is 0 Å². The number of imidazole rings is 1. The van der Waals surface area contributed by atoms with Crippen LogP contribution in [0.15, 0.2) is 41.9 Å². The summed E-state index contributed by atoms with van der Waals surface area (Å²) in [6.07, 6.45) is 2.97. The van der Waals surface area contributed by atoms with Crippen molar-refractivity contribution >= 4 is 34.8 Å². The number of fused-ring (bicyclic) bond motifs is 1. The highest BCUT2D eigenvalue weighted by Gasteiger charge is 2.21. The molecule has 3 aromatic rings. The molecule has 0 radical (unpaired) electrons. The summed E-state index contributed by atoms with van der Waals surface area (Å²) in [4.78, 5) is 35.2. The summed E-state index contributed by atoms with van der Waals surface area (Å²) in [6.45, 7) is 1.65. The smallest absolute Gasteiger partial charge is 0.327 e. The van der Waals surface area contributed by atoms with Gasteiger partial charge in [0.05, 0.1) is 12.7 Å². The van der Waals surface area contributed by atoms with Gasteiger partial charge in [0.1, 0.15) is 23.7 Å². The van der Waals surface area contributed by atoms with Gasteiger partial charge in [0, 0.05) is 12.7 Å². The number of halogens is 1. The van der Waals surface area contributed by atoms with Crippen molar-refractivity contribution in [3.8, 4) is 0 Å². The second-order valence-electron chi connectivity index (χ2n) is 5.74. The summed E-state index contributed by atoms with van der Waals surface area (Å²) in [5, 5.41) is 12.2. The highest BCUT2D eigenvalue weighted by atomic mass is 32.2. The molecule has 2 heterocycles. The van der Waals surface area contributed by atoms with Gasteiger partial charge in [0.15, 0.2) is 10.8 Å². The number of thioether (sulfide) groups is 1. The molecule has 8 nitrogen and oxygen atoms in total. The number of benzene rings is 1. The van der Waals surface area contributed by atoms with Crippen molar-refractivity contribution in [3.63, 3.8) is 0 Å². The molecule has 0 saturated carbocycles. The molecule has 2 aromatic heterocycles. The Morgan fingerprint density at radius 3 is 2.74 bits per heavy atom. The van der Waals surface area contributed by atoms with Gasteiger partial charge in [-0.1, -0.05) is 23.9 Å². The van der Waals surface area contributed by atoms with Crippen LogP contribution < -0.4 is 5.32 Å². The van der Waals surface area contributed by atoms with Crippen LogP contribution in [0.5, 0.6) is 0 Å². The number of hydrogen-bond acceptors (Lipinski definition) is 6. The monoisotopic (exact) mass is 389 g/mol. The second-order valence-corrected chi connectivity index (χ2v) is 6.73. The van der Waals surface area contributed by atoms with Gasteiger partial charge in [-0.05, 0) is 17.7 Å². The molecule has 0 spiro atoms. The summed E-state index contributed by atoms with van der Waals surface area (Å²) in [5.74, 6) is -1.78. The highest BCUT2D eigenvalue weighted by molar-refractivity contribution is 7.99. The molecule has 0 saturated heterocycles. The van der Waals surface area contributed by atoms with Crippen LogP contribution in [0.1, 0.15) is 12.5 Å². The number of nitrogens with one attached hydrogen (secondary N) is 1.